The molecule has 1 amide bonds. The van der Waals surface area contributed by atoms with Crippen molar-refractivity contribution < 1.29 is 14.3 Å². The molecular formula is C21H19NO3. The topological polar surface area (TPSA) is 46.6 Å². The zero-order valence-corrected chi connectivity index (χ0v) is 13.9. The van der Waals surface area contributed by atoms with E-state index in [1.165, 1.54) is 0 Å². The van der Waals surface area contributed by atoms with Crippen LogP contribution in [-0.2, 0) is 15.1 Å². The summed E-state index contributed by atoms with van der Waals surface area (Å²) in [6, 6.07) is 17.3. The predicted octanol–water partition coefficient (Wildman–Crippen LogP) is 3.39. The SMILES string of the molecule is O=C1OC2(CCN(C(=O)C=Cc3ccccc3)CC2)c2ccccc21. The summed E-state index contributed by atoms with van der Waals surface area (Å²) in [4.78, 5) is 26.3. The standard InChI is InChI=1S/C21H19NO3/c23-19(11-10-16-6-2-1-3-7-16)22-14-12-21(13-15-22)18-9-5-4-8-17(18)20(24)25-21/h1-11H,12-15H2. The maximum Gasteiger partial charge on any atom is 0.339 e. The normalized spacial score (nSPS) is 18.4. The van der Waals surface area contributed by atoms with Crippen molar-refractivity contribution in [2.45, 2.75) is 18.4 Å². The van der Waals surface area contributed by atoms with Crippen LogP contribution in [0.4, 0.5) is 0 Å². The molecule has 1 saturated heterocycles. The van der Waals surface area contributed by atoms with Gasteiger partial charge in [-0.15, -0.1) is 0 Å². The van der Waals surface area contributed by atoms with E-state index in [1.54, 1.807) is 6.08 Å². The monoisotopic (exact) mass is 333 g/mol. The molecule has 1 fully saturated rings. The second kappa shape index (κ2) is 6.20. The molecule has 126 valence electrons. The molecule has 0 bridgehead atoms. The van der Waals surface area contributed by atoms with Crippen molar-refractivity contribution in [3.63, 3.8) is 0 Å². The lowest BCUT2D eigenvalue weighted by molar-refractivity contribution is -0.130. The van der Waals surface area contributed by atoms with Crippen molar-refractivity contribution in [1.29, 1.82) is 0 Å². The van der Waals surface area contributed by atoms with Gasteiger partial charge in [0.1, 0.15) is 5.60 Å². The van der Waals surface area contributed by atoms with E-state index in [0.717, 1.165) is 11.1 Å². The number of likely N-dealkylation sites (tertiary alicyclic amines) is 1. The van der Waals surface area contributed by atoms with Crippen LogP contribution in [0.5, 0.6) is 0 Å². The maximum absolute atomic E-state index is 12.4. The number of ether oxygens (including phenoxy) is 1. The molecule has 4 heteroatoms. The van der Waals surface area contributed by atoms with Crippen LogP contribution in [0.1, 0.15) is 34.3 Å². The summed E-state index contributed by atoms with van der Waals surface area (Å²) in [6.07, 6.45) is 4.72. The minimum Gasteiger partial charge on any atom is -0.450 e. The Balaban J connectivity index is 1.45. The fourth-order valence-corrected chi connectivity index (χ4v) is 3.64. The lowest BCUT2D eigenvalue weighted by Crippen LogP contribution is -2.44. The van der Waals surface area contributed by atoms with E-state index in [2.05, 4.69) is 0 Å². The van der Waals surface area contributed by atoms with Crippen molar-refractivity contribution in [2.75, 3.05) is 13.1 Å². The van der Waals surface area contributed by atoms with Gasteiger partial charge in [0.2, 0.25) is 5.91 Å². The van der Waals surface area contributed by atoms with Crippen LogP contribution in [0, 0.1) is 0 Å². The third kappa shape index (κ3) is 2.84. The molecule has 4 rings (SSSR count). The van der Waals surface area contributed by atoms with Gasteiger partial charge in [-0.05, 0) is 17.7 Å². The smallest absolute Gasteiger partial charge is 0.339 e. The molecule has 25 heavy (non-hydrogen) atoms. The van der Waals surface area contributed by atoms with E-state index >= 15 is 0 Å². The number of nitrogens with zero attached hydrogens (tertiary/aromatic N) is 1. The number of esters is 1. The molecule has 0 aromatic heterocycles. The summed E-state index contributed by atoms with van der Waals surface area (Å²) in [5.74, 6) is -0.254. The van der Waals surface area contributed by atoms with Gasteiger partial charge >= 0.3 is 5.97 Å². The Hall–Kier alpha value is -2.88. The second-order valence-electron chi connectivity index (χ2n) is 6.50. The van der Waals surface area contributed by atoms with E-state index < -0.39 is 5.60 Å². The average molecular weight is 333 g/mol. The van der Waals surface area contributed by atoms with Gasteiger partial charge in [-0.2, -0.15) is 0 Å². The Kier molecular flexibility index (Phi) is 3.88. The molecule has 2 aliphatic rings. The molecule has 0 N–H and O–H groups in total. The first kappa shape index (κ1) is 15.6. The van der Waals surface area contributed by atoms with Gasteiger partial charge in [0.25, 0.3) is 0 Å². The number of piperidine rings is 1. The van der Waals surface area contributed by atoms with Crippen molar-refractivity contribution >= 4 is 18.0 Å². The number of fused-ring (bicyclic) bond motifs is 2. The Labute approximate surface area is 146 Å². The minimum absolute atomic E-state index is 0.00342. The van der Waals surface area contributed by atoms with Crippen LogP contribution in [0.25, 0.3) is 6.08 Å². The summed E-state index contributed by atoms with van der Waals surface area (Å²) >= 11 is 0. The van der Waals surface area contributed by atoms with E-state index in [-0.39, 0.29) is 11.9 Å². The Morgan fingerprint density at radius 3 is 2.44 bits per heavy atom. The summed E-state index contributed by atoms with van der Waals surface area (Å²) in [5, 5.41) is 0. The first-order chi connectivity index (χ1) is 12.2. The summed E-state index contributed by atoms with van der Waals surface area (Å²) in [5.41, 5.74) is 2.06. The van der Waals surface area contributed by atoms with Crippen molar-refractivity contribution in [3.05, 3.63) is 77.4 Å². The average Bonchev–Trinajstić information content (AvgIpc) is 2.93. The van der Waals surface area contributed by atoms with Crippen LogP contribution >= 0.6 is 0 Å². The Morgan fingerprint density at radius 1 is 1.00 bits per heavy atom. The number of hydrogen-bond acceptors (Lipinski definition) is 3. The highest BCUT2D eigenvalue weighted by molar-refractivity contribution is 5.95. The first-order valence-electron chi connectivity index (χ1n) is 8.53. The lowest BCUT2D eigenvalue weighted by atomic mass is 9.84. The van der Waals surface area contributed by atoms with Crippen molar-refractivity contribution in [1.82, 2.24) is 4.90 Å². The number of hydrogen-bond donors (Lipinski definition) is 0. The number of carbonyl (C=O) groups is 2. The van der Waals surface area contributed by atoms with Gasteiger partial charge in [0, 0.05) is 37.6 Å². The molecule has 2 heterocycles. The fraction of sp³-hybridized carbons (Fsp3) is 0.238. The molecule has 2 aromatic carbocycles. The summed E-state index contributed by atoms with van der Waals surface area (Å²) in [7, 11) is 0. The molecule has 0 aliphatic carbocycles. The van der Waals surface area contributed by atoms with Gasteiger partial charge < -0.3 is 9.64 Å². The summed E-state index contributed by atoms with van der Waals surface area (Å²) in [6.45, 7) is 1.17. The highest BCUT2D eigenvalue weighted by atomic mass is 16.6. The molecule has 2 aliphatic heterocycles. The van der Waals surface area contributed by atoms with Gasteiger partial charge in [0.15, 0.2) is 0 Å². The Bertz CT molecular complexity index is 833. The largest absolute Gasteiger partial charge is 0.450 e. The molecule has 1 spiro atoms. The zero-order valence-electron chi connectivity index (χ0n) is 13.9. The fourth-order valence-electron chi connectivity index (χ4n) is 3.64. The van der Waals surface area contributed by atoms with Gasteiger partial charge in [-0.3, -0.25) is 4.79 Å². The van der Waals surface area contributed by atoms with Crippen molar-refractivity contribution in [2.24, 2.45) is 0 Å². The predicted molar refractivity (Wildman–Crippen MR) is 94.8 cm³/mol. The van der Waals surface area contributed by atoms with Crippen molar-refractivity contribution in [3.8, 4) is 0 Å². The number of carbonyl (C=O) groups excluding carboxylic acids is 2. The van der Waals surface area contributed by atoms with Crippen LogP contribution in [0.2, 0.25) is 0 Å². The van der Waals surface area contributed by atoms with Gasteiger partial charge in [-0.1, -0.05) is 48.5 Å². The van der Waals surface area contributed by atoms with Crippen LogP contribution < -0.4 is 0 Å². The van der Waals surface area contributed by atoms with E-state index in [1.807, 2.05) is 65.6 Å². The molecule has 0 saturated carbocycles. The highest BCUT2D eigenvalue weighted by Gasteiger charge is 2.47. The highest BCUT2D eigenvalue weighted by Crippen LogP contribution is 2.43. The molecule has 0 radical (unpaired) electrons. The van der Waals surface area contributed by atoms with Crippen LogP contribution in [-0.4, -0.2) is 29.9 Å². The number of amides is 1. The molecule has 2 aromatic rings. The summed E-state index contributed by atoms with van der Waals surface area (Å²) < 4.78 is 5.72. The zero-order chi connectivity index (χ0) is 17.3. The molecule has 4 nitrogen and oxygen atoms in total. The maximum atomic E-state index is 12.4. The first-order valence-corrected chi connectivity index (χ1v) is 8.53. The molecule has 0 atom stereocenters. The van der Waals surface area contributed by atoms with Gasteiger partial charge in [-0.25, -0.2) is 4.79 Å². The third-order valence-corrected chi connectivity index (χ3v) is 5.03. The second-order valence-corrected chi connectivity index (χ2v) is 6.50. The number of benzene rings is 2. The van der Waals surface area contributed by atoms with E-state index in [0.29, 0.717) is 31.5 Å². The van der Waals surface area contributed by atoms with E-state index in [4.69, 9.17) is 4.74 Å². The molecular weight excluding hydrogens is 314 g/mol. The van der Waals surface area contributed by atoms with E-state index in [9.17, 15) is 9.59 Å². The molecule has 0 unspecified atom stereocenters. The third-order valence-electron chi connectivity index (χ3n) is 5.03. The number of rotatable bonds is 2. The quantitative estimate of drug-likeness (QED) is 0.625. The van der Waals surface area contributed by atoms with Crippen LogP contribution in [0.3, 0.4) is 0 Å². The van der Waals surface area contributed by atoms with Crippen LogP contribution in [0.15, 0.2) is 60.7 Å². The minimum atomic E-state index is -0.562. The lowest BCUT2D eigenvalue weighted by Gasteiger charge is -2.38. The Morgan fingerprint density at radius 2 is 1.68 bits per heavy atom. The van der Waals surface area contributed by atoms with Gasteiger partial charge in [0.05, 0.1) is 5.56 Å².